The third-order valence-corrected chi connectivity index (χ3v) is 8.44. The molecule has 4 nitrogen and oxygen atoms in total. The molecule has 0 aliphatic carbocycles. The van der Waals surface area contributed by atoms with Crippen molar-refractivity contribution in [1.82, 2.24) is 9.97 Å². The number of rotatable bonds is 5. The monoisotopic (exact) mass is 479 g/mol. The topological polar surface area (TPSA) is 47.4 Å². The Balaban J connectivity index is 1.72. The van der Waals surface area contributed by atoms with E-state index < -0.39 is 27.5 Å². The number of halogens is 4. The van der Waals surface area contributed by atoms with Crippen LogP contribution in [-0.4, -0.2) is 39.6 Å². The minimum atomic E-state index is -4.56. The van der Waals surface area contributed by atoms with Gasteiger partial charge < -0.3 is 4.74 Å². The number of benzene rings is 2. The largest absolute Gasteiger partial charge is 0.481 e. The van der Waals surface area contributed by atoms with Crippen LogP contribution < -0.4 is 4.74 Å². The van der Waals surface area contributed by atoms with Gasteiger partial charge in [-0.05, 0) is 62.0 Å². The smallest absolute Gasteiger partial charge is 0.425 e. The highest BCUT2D eigenvalue weighted by molar-refractivity contribution is 8.02. The van der Waals surface area contributed by atoms with E-state index in [1.165, 1.54) is 18.5 Å². The SMILES string of the molecule is C=S1(=Nc2cc(C)c3c(Cc4ccc(F)cc4O[C@H](C)C(F)(F)F)ncnc3c2)CCCC1. The highest BCUT2D eigenvalue weighted by Gasteiger charge is 2.38. The van der Waals surface area contributed by atoms with E-state index in [0.29, 0.717) is 16.8 Å². The minimum absolute atomic E-state index is 0.153. The summed E-state index contributed by atoms with van der Waals surface area (Å²) in [5.41, 5.74) is 3.48. The maximum absolute atomic E-state index is 13.8. The van der Waals surface area contributed by atoms with Crippen LogP contribution in [-0.2, 0) is 15.8 Å². The standard InChI is InChI=1S/C24H25F4N3OS/c1-15-10-19(31-33(3)8-4-5-9-33)13-21-23(15)20(29-14-30-21)11-17-6-7-18(25)12-22(17)32-16(2)24(26,27)28/h6-7,10,12-14,16H,3-5,8-9,11H2,1-2H3/t16-/m1/s1. The van der Waals surface area contributed by atoms with Crippen molar-refractivity contribution < 1.29 is 22.3 Å². The summed E-state index contributed by atoms with van der Waals surface area (Å²) < 4.78 is 62.9. The molecule has 1 atom stereocenters. The van der Waals surface area contributed by atoms with E-state index in [1.807, 2.05) is 19.1 Å². The molecule has 3 aromatic rings. The predicted octanol–water partition coefficient (Wildman–Crippen LogP) is 6.19. The van der Waals surface area contributed by atoms with Crippen molar-refractivity contribution in [2.24, 2.45) is 4.36 Å². The van der Waals surface area contributed by atoms with Gasteiger partial charge in [-0.3, -0.25) is 0 Å². The summed E-state index contributed by atoms with van der Waals surface area (Å²) >= 11 is 0. The summed E-state index contributed by atoms with van der Waals surface area (Å²) in [6, 6.07) is 7.48. The Morgan fingerprint density at radius 1 is 1.15 bits per heavy atom. The van der Waals surface area contributed by atoms with Gasteiger partial charge in [0.2, 0.25) is 0 Å². The maximum atomic E-state index is 13.8. The lowest BCUT2D eigenvalue weighted by Gasteiger charge is -2.20. The Bertz CT molecular complexity index is 1300. The highest BCUT2D eigenvalue weighted by atomic mass is 32.2. The number of fused-ring (bicyclic) bond motifs is 1. The molecule has 1 saturated heterocycles. The van der Waals surface area contributed by atoms with E-state index in [9.17, 15) is 17.6 Å². The van der Waals surface area contributed by atoms with Crippen molar-refractivity contribution in [3.8, 4) is 5.75 Å². The Labute approximate surface area is 190 Å². The molecule has 9 heteroatoms. The molecule has 176 valence electrons. The number of aromatic nitrogens is 2. The zero-order valence-corrected chi connectivity index (χ0v) is 19.3. The van der Waals surface area contributed by atoms with Crippen LogP contribution in [0.15, 0.2) is 41.0 Å². The first kappa shape index (κ1) is 23.5. The van der Waals surface area contributed by atoms with Gasteiger partial charge in [0.15, 0.2) is 6.10 Å². The second-order valence-corrected chi connectivity index (χ2v) is 11.4. The second-order valence-electron chi connectivity index (χ2n) is 8.41. The Morgan fingerprint density at radius 3 is 2.58 bits per heavy atom. The van der Waals surface area contributed by atoms with Crippen LogP contribution in [0.4, 0.5) is 23.2 Å². The molecule has 1 aromatic heterocycles. The average Bonchev–Trinajstić information content (AvgIpc) is 3.15. The van der Waals surface area contributed by atoms with E-state index >= 15 is 0 Å². The van der Waals surface area contributed by atoms with Gasteiger partial charge in [-0.2, -0.15) is 13.2 Å². The summed E-state index contributed by atoms with van der Waals surface area (Å²) in [7, 11) is -1.25. The molecule has 1 aliphatic rings. The Morgan fingerprint density at radius 2 is 1.88 bits per heavy atom. The molecule has 0 radical (unpaired) electrons. The summed E-state index contributed by atoms with van der Waals surface area (Å²) in [5.74, 6) is 5.60. The Hall–Kier alpha value is -2.68. The molecule has 2 aromatic carbocycles. The summed E-state index contributed by atoms with van der Waals surface area (Å²) in [4.78, 5) is 8.78. The number of nitrogens with zero attached hydrogens (tertiary/aromatic N) is 3. The van der Waals surface area contributed by atoms with Gasteiger partial charge >= 0.3 is 6.18 Å². The number of hydrogen-bond donors (Lipinski definition) is 0. The lowest BCUT2D eigenvalue weighted by Crippen LogP contribution is -2.31. The lowest BCUT2D eigenvalue weighted by atomic mass is 10.0. The Kier molecular flexibility index (Phi) is 6.35. The van der Waals surface area contributed by atoms with E-state index in [1.54, 1.807) is 0 Å². The third-order valence-electron chi connectivity index (χ3n) is 5.75. The van der Waals surface area contributed by atoms with Gasteiger partial charge in [-0.25, -0.2) is 18.7 Å². The highest BCUT2D eigenvalue weighted by Crippen LogP contribution is 2.32. The van der Waals surface area contributed by atoms with Crippen molar-refractivity contribution >= 4 is 31.9 Å². The molecule has 33 heavy (non-hydrogen) atoms. The van der Waals surface area contributed by atoms with Gasteiger partial charge in [-0.1, -0.05) is 11.9 Å². The maximum Gasteiger partial charge on any atom is 0.425 e. The molecule has 0 N–H and O–H groups in total. The fourth-order valence-electron chi connectivity index (χ4n) is 4.02. The van der Waals surface area contributed by atoms with Crippen LogP contribution in [0, 0.1) is 12.7 Å². The molecule has 1 aliphatic heterocycles. The first-order valence-corrected chi connectivity index (χ1v) is 12.7. The van der Waals surface area contributed by atoms with E-state index in [0.717, 1.165) is 54.0 Å². The molecule has 0 unspecified atom stereocenters. The van der Waals surface area contributed by atoms with Gasteiger partial charge in [0.1, 0.15) is 17.9 Å². The van der Waals surface area contributed by atoms with Crippen LogP contribution >= 0.6 is 0 Å². The summed E-state index contributed by atoms with van der Waals surface area (Å²) in [5, 5.41) is 0.801. The minimum Gasteiger partial charge on any atom is -0.481 e. The van der Waals surface area contributed by atoms with E-state index in [4.69, 9.17) is 9.10 Å². The van der Waals surface area contributed by atoms with Crippen molar-refractivity contribution in [2.75, 3.05) is 11.5 Å². The van der Waals surface area contributed by atoms with Crippen LogP contribution in [0.1, 0.15) is 36.6 Å². The molecule has 0 amide bonds. The molecule has 0 bridgehead atoms. The van der Waals surface area contributed by atoms with Crippen LogP contribution in [0.25, 0.3) is 10.9 Å². The number of aryl methyl sites for hydroxylation is 1. The molecule has 0 spiro atoms. The third kappa shape index (κ3) is 5.29. The van der Waals surface area contributed by atoms with Crippen LogP contribution in [0.3, 0.4) is 0 Å². The zero-order chi connectivity index (χ0) is 23.8. The fourth-order valence-corrected chi connectivity index (χ4v) is 6.44. The first-order valence-electron chi connectivity index (χ1n) is 10.6. The summed E-state index contributed by atoms with van der Waals surface area (Å²) in [6.45, 7) is 2.83. The van der Waals surface area contributed by atoms with E-state index in [-0.39, 0.29) is 12.2 Å². The molecule has 2 heterocycles. The molecule has 0 saturated carbocycles. The van der Waals surface area contributed by atoms with Crippen molar-refractivity contribution in [3.05, 3.63) is 59.3 Å². The average molecular weight is 480 g/mol. The van der Waals surface area contributed by atoms with Crippen molar-refractivity contribution in [3.63, 3.8) is 0 Å². The lowest BCUT2D eigenvalue weighted by molar-refractivity contribution is -0.189. The van der Waals surface area contributed by atoms with E-state index in [2.05, 4.69) is 15.8 Å². The van der Waals surface area contributed by atoms with Crippen LogP contribution in [0.5, 0.6) is 5.75 Å². The normalized spacial score (nSPS) is 16.7. The molecular weight excluding hydrogens is 454 g/mol. The second kappa shape index (κ2) is 8.93. The van der Waals surface area contributed by atoms with Crippen molar-refractivity contribution in [1.29, 1.82) is 0 Å². The number of ether oxygens (including phenoxy) is 1. The molecule has 4 rings (SSSR count). The zero-order valence-electron chi connectivity index (χ0n) is 18.5. The molecule has 1 fully saturated rings. The van der Waals surface area contributed by atoms with Gasteiger partial charge in [-0.15, -0.1) is 9.41 Å². The van der Waals surface area contributed by atoms with Crippen LogP contribution in [0.2, 0.25) is 0 Å². The number of alkyl halides is 3. The fraction of sp³-hybridized carbons (Fsp3) is 0.375. The number of hydrogen-bond acceptors (Lipinski definition) is 4. The van der Waals surface area contributed by atoms with Crippen molar-refractivity contribution in [2.45, 2.75) is 45.4 Å². The molecular formula is C24H25F4N3OS. The van der Waals surface area contributed by atoms with Gasteiger partial charge in [0, 0.05) is 23.4 Å². The van der Waals surface area contributed by atoms with Gasteiger partial charge in [0.25, 0.3) is 0 Å². The quantitative estimate of drug-likeness (QED) is 0.324. The predicted molar refractivity (Wildman–Crippen MR) is 125 cm³/mol. The first-order chi connectivity index (χ1) is 15.5. The summed E-state index contributed by atoms with van der Waals surface area (Å²) in [6.07, 6.45) is -2.74. The van der Waals surface area contributed by atoms with Gasteiger partial charge in [0.05, 0.1) is 16.9 Å².